The molecule has 6 nitrogen and oxygen atoms in total. The lowest BCUT2D eigenvalue weighted by Crippen LogP contribution is -2.37. The molecule has 0 fully saturated rings. The van der Waals surface area contributed by atoms with Gasteiger partial charge in [0.2, 0.25) is 0 Å². The van der Waals surface area contributed by atoms with E-state index in [1.807, 2.05) is 0 Å². The standard InChI is InChI=1S/C9H10N2O4S/c1-4(9(14)15)11-8(13)6-3-2-5(16-6)7(10)12/h2-4H,1H3,(H2,10,12)(H,11,13)(H,14,15)/t4-/m0/s1. The van der Waals surface area contributed by atoms with Gasteiger partial charge in [-0.2, -0.15) is 0 Å². The highest BCUT2D eigenvalue weighted by Crippen LogP contribution is 2.15. The first-order valence-corrected chi connectivity index (χ1v) is 5.16. The van der Waals surface area contributed by atoms with Gasteiger partial charge in [-0.25, -0.2) is 0 Å². The molecule has 0 aliphatic heterocycles. The molecule has 2 amide bonds. The summed E-state index contributed by atoms with van der Waals surface area (Å²) < 4.78 is 0. The summed E-state index contributed by atoms with van der Waals surface area (Å²) in [5.41, 5.74) is 5.02. The van der Waals surface area contributed by atoms with E-state index in [4.69, 9.17) is 10.8 Å². The van der Waals surface area contributed by atoms with E-state index in [0.29, 0.717) is 0 Å². The highest BCUT2D eigenvalue weighted by Gasteiger charge is 2.17. The summed E-state index contributed by atoms with van der Waals surface area (Å²) >= 11 is 0.923. The second-order valence-corrected chi connectivity index (χ2v) is 4.15. The number of nitrogens with two attached hydrogens (primary N) is 1. The summed E-state index contributed by atoms with van der Waals surface area (Å²) in [6, 6.07) is 1.87. The number of primary amides is 1. The highest BCUT2D eigenvalue weighted by atomic mass is 32.1. The minimum atomic E-state index is -1.12. The second kappa shape index (κ2) is 4.75. The maximum absolute atomic E-state index is 11.5. The van der Waals surface area contributed by atoms with E-state index in [-0.39, 0.29) is 9.75 Å². The Labute approximate surface area is 95.1 Å². The lowest BCUT2D eigenvalue weighted by molar-refractivity contribution is -0.138. The third-order valence-electron chi connectivity index (χ3n) is 1.79. The van der Waals surface area contributed by atoms with E-state index in [0.717, 1.165) is 11.3 Å². The predicted molar refractivity (Wildman–Crippen MR) is 57.4 cm³/mol. The quantitative estimate of drug-likeness (QED) is 0.692. The first-order chi connectivity index (χ1) is 7.41. The number of hydrogen-bond donors (Lipinski definition) is 3. The largest absolute Gasteiger partial charge is 0.480 e. The monoisotopic (exact) mass is 242 g/mol. The van der Waals surface area contributed by atoms with Gasteiger partial charge in [0.05, 0.1) is 9.75 Å². The smallest absolute Gasteiger partial charge is 0.325 e. The SMILES string of the molecule is C[C@H](NC(=O)c1ccc(C(N)=O)s1)C(=O)O. The lowest BCUT2D eigenvalue weighted by atomic mass is 10.3. The Morgan fingerprint density at radius 1 is 1.38 bits per heavy atom. The van der Waals surface area contributed by atoms with Crippen molar-refractivity contribution in [3.63, 3.8) is 0 Å². The van der Waals surface area contributed by atoms with Gasteiger partial charge in [0, 0.05) is 0 Å². The summed E-state index contributed by atoms with van der Waals surface area (Å²) in [5, 5.41) is 10.9. The van der Waals surface area contributed by atoms with Crippen molar-refractivity contribution >= 4 is 29.1 Å². The van der Waals surface area contributed by atoms with Crippen LogP contribution in [0.25, 0.3) is 0 Å². The van der Waals surface area contributed by atoms with Crippen molar-refractivity contribution in [2.75, 3.05) is 0 Å². The van der Waals surface area contributed by atoms with E-state index < -0.39 is 23.8 Å². The first-order valence-electron chi connectivity index (χ1n) is 4.35. The van der Waals surface area contributed by atoms with Gasteiger partial charge in [-0.1, -0.05) is 0 Å². The summed E-state index contributed by atoms with van der Waals surface area (Å²) in [6.45, 7) is 1.35. The molecule has 0 bridgehead atoms. The number of carboxylic acids is 1. The number of carbonyl (C=O) groups is 3. The molecule has 1 heterocycles. The lowest BCUT2D eigenvalue weighted by Gasteiger charge is -2.07. The van der Waals surface area contributed by atoms with Crippen LogP contribution in [0.3, 0.4) is 0 Å². The summed E-state index contributed by atoms with van der Waals surface area (Å²) in [4.78, 5) is 33.3. The zero-order valence-corrected chi connectivity index (χ0v) is 9.21. The Morgan fingerprint density at radius 3 is 2.38 bits per heavy atom. The van der Waals surface area contributed by atoms with Gasteiger partial charge in [-0.3, -0.25) is 14.4 Å². The Hall–Kier alpha value is -1.89. The molecular formula is C9H10N2O4S. The van der Waals surface area contributed by atoms with Crippen molar-refractivity contribution < 1.29 is 19.5 Å². The molecule has 0 spiro atoms. The van der Waals surface area contributed by atoms with Crippen molar-refractivity contribution in [3.8, 4) is 0 Å². The molecule has 0 saturated carbocycles. The number of carboxylic acid groups (broad SMARTS) is 1. The van der Waals surface area contributed by atoms with Gasteiger partial charge in [0.25, 0.3) is 11.8 Å². The van der Waals surface area contributed by atoms with Gasteiger partial charge in [-0.05, 0) is 19.1 Å². The van der Waals surface area contributed by atoms with Crippen LogP contribution in [0, 0.1) is 0 Å². The van der Waals surface area contributed by atoms with Crippen molar-refractivity contribution in [3.05, 3.63) is 21.9 Å². The molecule has 1 aromatic rings. The number of carbonyl (C=O) groups excluding carboxylic acids is 2. The summed E-state index contributed by atoms with van der Waals surface area (Å²) in [6.07, 6.45) is 0. The Kier molecular flexibility index (Phi) is 3.62. The molecule has 4 N–H and O–H groups in total. The van der Waals surface area contributed by atoms with Gasteiger partial charge < -0.3 is 16.2 Å². The summed E-state index contributed by atoms with van der Waals surface area (Å²) in [7, 11) is 0. The maximum atomic E-state index is 11.5. The zero-order valence-electron chi connectivity index (χ0n) is 8.39. The summed E-state index contributed by atoms with van der Waals surface area (Å²) in [5.74, 6) is -2.28. The van der Waals surface area contributed by atoms with E-state index >= 15 is 0 Å². The molecule has 0 radical (unpaired) electrons. The molecule has 1 rings (SSSR count). The van der Waals surface area contributed by atoms with Crippen LogP contribution in [0.5, 0.6) is 0 Å². The Bertz CT molecular complexity index is 440. The molecule has 1 atom stereocenters. The molecule has 0 aliphatic rings. The minimum absolute atomic E-state index is 0.252. The molecule has 0 unspecified atom stereocenters. The molecule has 0 aromatic carbocycles. The van der Waals surface area contributed by atoms with E-state index in [1.54, 1.807) is 0 Å². The van der Waals surface area contributed by atoms with E-state index in [1.165, 1.54) is 19.1 Å². The normalized spacial score (nSPS) is 11.8. The molecule has 1 aromatic heterocycles. The third-order valence-corrected chi connectivity index (χ3v) is 2.89. The van der Waals surface area contributed by atoms with Crippen LogP contribution in [-0.4, -0.2) is 28.9 Å². The minimum Gasteiger partial charge on any atom is -0.480 e. The van der Waals surface area contributed by atoms with E-state index in [9.17, 15) is 14.4 Å². The maximum Gasteiger partial charge on any atom is 0.325 e. The fourth-order valence-electron chi connectivity index (χ4n) is 0.922. The van der Waals surface area contributed by atoms with Gasteiger partial charge in [0.15, 0.2) is 0 Å². The fourth-order valence-corrected chi connectivity index (χ4v) is 1.68. The van der Waals surface area contributed by atoms with Gasteiger partial charge in [0.1, 0.15) is 6.04 Å². The topological polar surface area (TPSA) is 109 Å². The average Bonchev–Trinajstić information content (AvgIpc) is 2.65. The fraction of sp³-hybridized carbons (Fsp3) is 0.222. The predicted octanol–water partition coefficient (Wildman–Crippen LogP) is 0.0499. The van der Waals surface area contributed by atoms with Crippen LogP contribution < -0.4 is 11.1 Å². The number of amides is 2. The molecule has 16 heavy (non-hydrogen) atoms. The Balaban J connectivity index is 2.73. The van der Waals surface area contributed by atoms with E-state index in [2.05, 4.69) is 5.32 Å². The van der Waals surface area contributed by atoms with Gasteiger partial charge in [-0.15, -0.1) is 11.3 Å². The van der Waals surface area contributed by atoms with Crippen molar-refractivity contribution in [1.29, 1.82) is 0 Å². The second-order valence-electron chi connectivity index (χ2n) is 3.06. The zero-order chi connectivity index (χ0) is 12.3. The first kappa shape index (κ1) is 12.2. The average molecular weight is 242 g/mol. The number of thiophene rings is 1. The van der Waals surface area contributed by atoms with Gasteiger partial charge >= 0.3 is 5.97 Å². The molecule has 0 aliphatic carbocycles. The number of nitrogens with one attached hydrogen (secondary N) is 1. The number of rotatable bonds is 4. The van der Waals surface area contributed by atoms with Crippen molar-refractivity contribution in [2.45, 2.75) is 13.0 Å². The number of hydrogen-bond acceptors (Lipinski definition) is 4. The van der Waals surface area contributed by atoms with Crippen LogP contribution in [-0.2, 0) is 4.79 Å². The highest BCUT2D eigenvalue weighted by molar-refractivity contribution is 7.15. The van der Waals surface area contributed by atoms with Crippen molar-refractivity contribution in [1.82, 2.24) is 5.32 Å². The third kappa shape index (κ3) is 2.80. The molecular weight excluding hydrogens is 232 g/mol. The molecule has 7 heteroatoms. The molecule has 0 saturated heterocycles. The van der Waals surface area contributed by atoms with Crippen LogP contribution in [0.4, 0.5) is 0 Å². The van der Waals surface area contributed by atoms with Crippen LogP contribution >= 0.6 is 11.3 Å². The Morgan fingerprint density at radius 2 is 1.94 bits per heavy atom. The van der Waals surface area contributed by atoms with Crippen LogP contribution in [0.2, 0.25) is 0 Å². The number of aliphatic carboxylic acids is 1. The van der Waals surface area contributed by atoms with Crippen LogP contribution in [0.15, 0.2) is 12.1 Å². The van der Waals surface area contributed by atoms with Crippen LogP contribution in [0.1, 0.15) is 26.3 Å². The molecule has 86 valence electrons. The van der Waals surface area contributed by atoms with Crippen molar-refractivity contribution in [2.24, 2.45) is 5.73 Å².